The number of ether oxygens (including phenoxy) is 2. The van der Waals surface area contributed by atoms with E-state index in [1.807, 2.05) is 18.2 Å². The normalized spacial score (nSPS) is 11.2. The molecule has 1 aromatic heterocycles. The molecule has 0 amide bonds. The fraction of sp³-hybridized carbons (Fsp3) is 0.158. The van der Waals surface area contributed by atoms with E-state index in [2.05, 4.69) is 54.2 Å². The first-order valence-corrected chi connectivity index (χ1v) is 7.16. The van der Waals surface area contributed by atoms with E-state index in [1.54, 1.807) is 14.2 Å². The van der Waals surface area contributed by atoms with Crippen molar-refractivity contribution in [2.24, 2.45) is 7.05 Å². The van der Waals surface area contributed by atoms with E-state index in [4.69, 9.17) is 9.47 Å². The quantitative estimate of drug-likeness (QED) is 0.667. The Balaban J connectivity index is 1.91. The summed E-state index contributed by atoms with van der Waals surface area (Å²) in [4.78, 5) is 0. The molecule has 3 aromatic rings. The molecule has 0 saturated carbocycles. The maximum absolute atomic E-state index is 5.29. The van der Waals surface area contributed by atoms with Crippen molar-refractivity contribution < 1.29 is 9.47 Å². The highest BCUT2D eigenvalue weighted by atomic mass is 16.5. The summed E-state index contributed by atoms with van der Waals surface area (Å²) < 4.78 is 12.7. The predicted octanol–water partition coefficient (Wildman–Crippen LogP) is 4.37. The highest BCUT2D eigenvalue weighted by Gasteiger charge is 2.00. The third kappa shape index (κ3) is 2.84. The van der Waals surface area contributed by atoms with Crippen molar-refractivity contribution in [1.29, 1.82) is 0 Å². The number of benzene rings is 2. The fourth-order valence-corrected chi connectivity index (χ4v) is 2.52. The van der Waals surface area contributed by atoms with Crippen molar-refractivity contribution in [2.45, 2.75) is 0 Å². The zero-order valence-electron chi connectivity index (χ0n) is 13.0. The average Bonchev–Trinajstić information content (AvgIpc) is 2.93. The van der Waals surface area contributed by atoms with Gasteiger partial charge in [-0.1, -0.05) is 18.2 Å². The summed E-state index contributed by atoms with van der Waals surface area (Å²) in [6.07, 6.45) is 6.24. The zero-order chi connectivity index (χ0) is 15.5. The Morgan fingerprint density at radius 3 is 2.18 bits per heavy atom. The molecule has 0 aliphatic rings. The summed E-state index contributed by atoms with van der Waals surface area (Å²) >= 11 is 0. The Hall–Kier alpha value is -2.68. The van der Waals surface area contributed by atoms with Gasteiger partial charge in [-0.2, -0.15) is 0 Å². The lowest BCUT2D eigenvalue weighted by molar-refractivity contribution is 0.394. The number of aromatic nitrogens is 1. The van der Waals surface area contributed by atoms with Gasteiger partial charge in [-0.05, 0) is 41.5 Å². The van der Waals surface area contributed by atoms with Crippen LogP contribution in [-0.4, -0.2) is 18.8 Å². The van der Waals surface area contributed by atoms with Gasteiger partial charge in [-0.15, -0.1) is 0 Å². The first-order chi connectivity index (χ1) is 10.7. The lowest BCUT2D eigenvalue weighted by atomic mass is 10.1. The molecule has 0 aliphatic carbocycles. The minimum Gasteiger partial charge on any atom is -0.497 e. The number of aryl methyl sites for hydroxylation is 1. The van der Waals surface area contributed by atoms with Gasteiger partial charge in [0.15, 0.2) is 0 Å². The monoisotopic (exact) mass is 293 g/mol. The molecular weight excluding hydrogens is 274 g/mol. The van der Waals surface area contributed by atoms with E-state index in [9.17, 15) is 0 Å². The highest BCUT2D eigenvalue weighted by molar-refractivity contribution is 5.84. The molecule has 0 fully saturated rings. The first-order valence-electron chi connectivity index (χ1n) is 7.16. The number of hydrogen-bond donors (Lipinski definition) is 0. The van der Waals surface area contributed by atoms with Crippen molar-refractivity contribution >= 4 is 23.1 Å². The summed E-state index contributed by atoms with van der Waals surface area (Å²) in [7, 11) is 5.37. The lowest BCUT2D eigenvalue weighted by Gasteiger charge is -2.05. The Labute approximate surface area is 130 Å². The number of rotatable bonds is 4. The van der Waals surface area contributed by atoms with E-state index in [0.717, 1.165) is 17.1 Å². The molecule has 3 heteroatoms. The van der Waals surface area contributed by atoms with Crippen molar-refractivity contribution in [3.05, 3.63) is 59.8 Å². The van der Waals surface area contributed by atoms with Crippen molar-refractivity contribution in [2.75, 3.05) is 14.2 Å². The van der Waals surface area contributed by atoms with Gasteiger partial charge in [0.1, 0.15) is 11.5 Å². The SMILES string of the molecule is COc1cc(/C=C\c2ccc3c(ccn3C)c2)cc(OC)c1. The van der Waals surface area contributed by atoms with Crippen LogP contribution in [0.3, 0.4) is 0 Å². The third-order valence-corrected chi connectivity index (χ3v) is 3.75. The summed E-state index contributed by atoms with van der Waals surface area (Å²) in [5.74, 6) is 1.58. The predicted molar refractivity (Wildman–Crippen MR) is 91.4 cm³/mol. The van der Waals surface area contributed by atoms with Crippen LogP contribution in [0.15, 0.2) is 48.7 Å². The smallest absolute Gasteiger partial charge is 0.123 e. The summed E-state index contributed by atoms with van der Waals surface area (Å²) in [5, 5.41) is 1.24. The van der Waals surface area contributed by atoms with E-state index < -0.39 is 0 Å². The van der Waals surface area contributed by atoms with Gasteiger partial charge in [0.25, 0.3) is 0 Å². The van der Waals surface area contributed by atoms with Crippen molar-refractivity contribution in [3.63, 3.8) is 0 Å². The van der Waals surface area contributed by atoms with Gasteiger partial charge >= 0.3 is 0 Å². The molecule has 22 heavy (non-hydrogen) atoms. The number of fused-ring (bicyclic) bond motifs is 1. The number of hydrogen-bond acceptors (Lipinski definition) is 2. The van der Waals surface area contributed by atoms with Crippen LogP contribution in [0, 0.1) is 0 Å². The Morgan fingerprint density at radius 1 is 0.818 bits per heavy atom. The maximum atomic E-state index is 5.29. The third-order valence-electron chi connectivity index (χ3n) is 3.75. The Bertz CT molecular complexity index is 808. The Morgan fingerprint density at radius 2 is 1.50 bits per heavy atom. The molecule has 112 valence electrons. The van der Waals surface area contributed by atoms with Gasteiger partial charge in [0.05, 0.1) is 14.2 Å². The van der Waals surface area contributed by atoms with Gasteiger partial charge in [0, 0.05) is 30.2 Å². The molecule has 0 N–H and O–H groups in total. The molecule has 0 aliphatic heterocycles. The van der Waals surface area contributed by atoms with Crippen LogP contribution in [0.5, 0.6) is 11.5 Å². The van der Waals surface area contributed by atoms with Gasteiger partial charge in [0.2, 0.25) is 0 Å². The largest absolute Gasteiger partial charge is 0.497 e. The maximum Gasteiger partial charge on any atom is 0.123 e. The molecule has 3 nitrogen and oxygen atoms in total. The van der Waals surface area contributed by atoms with Gasteiger partial charge < -0.3 is 14.0 Å². The van der Waals surface area contributed by atoms with Crippen LogP contribution >= 0.6 is 0 Å². The van der Waals surface area contributed by atoms with Crippen molar-refractivity contribution in [1.82, 2.24) is 4.57 Å². The first kappa shape index (κ1) is 14.3. The van der Waals surface area contributed by atoms with E-state index in [1.165, 1.54) is 16.5 Å². The Kier molecular flexibility index (Phi) is 3.88. The van der Waals surface area contributed by atoms with E-state index in [0.29, 0.717) is 0 Å². The van der Waals surface area contributed by atoms with Crippen LogP contribution in [0.25, 0.3) is 23.1 Å². The van der Waals surface area contributed by atoms with E-state index >= 15 is 0 Å². The summed E-state index contributed by atoms with van der Waals surface area (Å²) in [6.45, 7) is 0. The highest BCUT2D eigenvalue weighted by Crippen LogP contribution is 2.24. The summed E-state index contributed by atoms with van der Waals surface area (Å²) in [5.41, 5.74) is 3.45. The number of methoxy groups -OCH3 is 2. The van der Waals surface area contributed by atoms with Crippen LogP contribution in [0.4, 0.5) is 0 Å². The lowest BCUT2D eigenvalue weighted by Crippen LogP contribution is -1.88. The standard InChI is InChI=1S/C19H19NO2/c1-20-9-8-16-10-14(6-7-19(16)20)4-5-15-11-17(21-2)13-18(12-15)22-3/h4-13H,1-3H3/b5-4-. The van der Waals surface area contributed by atoms with Gasteiger partial charge in [-0.25, -0.2) is 0 Å². The van der Waals surface area contributed by atoms with Crippen LogP contribution < -0.4 is 9.47 Å². The van der Waals surface area contributed by atoms with Crippen molar-refractivity contribution in [3.8, 4) is 11.5 Å². The second-order valence-electron chi connectivity index (χ2n) is 5.22. The molecule has 2 aromatic carbocycles. The fourth-order valence-electron chi connectivity index (χ4n) is 2.52. The van der Waals surface area contributed by atoms with Gasteiger partial charge in [-0.3, -0.25) is 0 Å². The molecule has 0 radical (unpaired) electrons. The second kappa shape index (κ2) is 5.98. The van der Waals surface area contributed by atoms with Crippen LogP contribution in [-0.2, 0) is 7.05 Å². The molecular formula is C19H19NO2. The molecule has 0 saturated heterocycles. The topological polar surface area (TPSA) is 23.4 Å². The van der Waals surface area contributed by atoms with Crippen LogP contribution in [0.2, 0.25) is 0 Å². The molecule has 1 heterocycles. The molecule has 0 bridgehead atoms. The van der Waals surface area contributed by atoms with Crippen LogP contribution in [0.1, 0.15) is 11.1 Å². The minimum absolute atomic E-state index is 0.789. The molecule has 0 spiro atoms. The number of nitrogens with zero attached hydrogens (tertiary/aromatic N) is 1. The molecule has 3 rings (SSSR count). The molecule has 0 unspecified atom stereocenters. The zero-order valence-corrected chi connectivity index (χ0v) is 13.0. The molecule has 0 atom stereocenters. The van der Waals surface area contributed by atoms with E-state index in [-0.39, 0.29) is 0 Å². The minimum atomic E-state index is 0.789. The summed E-state index contributed by atoms with van der Waals surface area (Å²) in [6, 6.07) is 14.4. The second-order valence-corrected chi connectivity index (χ2v) is 5.22. The average molecular weight is 293 g/mol.